The summed E-state index contributed by atoms with van der Waals surface area (Å²) in [5, 5.41) is 1.96. The number of hydrogen-bond acceptors (Lipinski definition) is 5. The Hall–Kier alpha value is -2.68. The van der Waals surface area contributed by atoms with Gasteiger partial charge in [0.05, 0.1) is 10.6 Å². The smallest absolute Gasteiger partial charge is 0.240 e. The van der Waals surface area contributed by atoms with Crippen LogP contribution in [0.25, 0.3) is 4.96 Å². The first-order valence-electron chi connectivity index (χ1n) is 8.34. The summed E-state index contributed by atoms with van der Waals surface area (Å²) in [7, 11) is -3.57. The van der Waals surface area contributed by atoms with Crippen molar-refractivity contribution in [2.75, 3.05) is 6.54 Å². The Balaban J connectivity index is 1.37. The third-order valence-corrected chi connectivity index (χ3v) is 6.18. The summed E-state index contributed by atoms with van der Waals surface area (Å²) in [4.78, 5) is 5.55. The topological polar surface area (TPSA) is 72.7 Å². The molecule has 1 N–H and O–H groups in total. The predicted molar refractivity (Wildman–Crippen MR) is 105 cm³/mol. The summed E-state index contributed by atoms with van der Waals surface area (Å²) in [5.74, 6) is 1.28. The van der Waals surface area contributed by atoms with Gasteiger partial charge in [0.15, 0.2) is 4.96 Å². The Morgan fingerprint density at radius 3 is 2.52 bits per heavy atom. The van der Waals surface area contributed by atoms with E-state index < -0.39 is 10.0 Å². The molecule has 0 aliphatic heterocycles. The first-order valence-corrected chi connectivity index (χ1v) is 10.7. The number of nitrogens with zero attached hydrogens (tertiary/aromatic N) is 2. The van der Waals surface area contributed by atoms with Crippen molar-refractivity contribution in [3.8, 4) is 11.5 Å². The quantitative estimate of drug-likeness (QED) is 0.514. The van der Waals surface area contributed by atoms with Crippen LogP contribution in [0.15, 0.2) is 77.3 Å². The molecule has 6 nitrogen and oxygen atoms in total. The predicted octanol–water partition coefficient (Wildman–Crippen LogP) is 3.71. The first kappa shape index (κ1) is 17.7. The van der Waals surface area contributed by atoms with Crippen LogP contribution in [0.1, 0.15) is 5.69 Å². The van der Waals surface area contributed by atoms with Gasteiger partial charge in [-0.2, -0.15) is 0 Å². The third kappa shape index (κ3) is 4.19. The highest BCUT2D eigenvalue weighted by molar-refractivity contribution is 7.89. The summed E-state index contributed by atoms with van der Waals surface area (Å²) in [6, 6.07) is 15.7. The summed E-state index contributed by atoms with van der Waals surface area (Å²) in [6.45, 7) is 0.287. The number of hydrogen-bond donors (Lipinski definition) is 1. The summed E-state index contributed by atoms with van der Waals surface area (Å²) < 4.78 is 35.1. The zero-order chi connectivity index (χ0) is 18.7. The van der Waals surface area contributed by atoms with Crippen LogP contribution in [0.5, 0.6) is 11.5 Å². The fraction of sp³-hybridized carbons (Fsp3) is 0.105. The number of benzene rings is 2. The number of sulfonamides is 1. The van der Waals surface area contributed by atoms with Gasteiger partial charge in [-0.1, -0.05) is 18.2 Å². The maximum atomic E-state index is 12.4. The second kappa shape index (κ2) is 7.51. The number of thiazole rings is 1. The number of aromatic nitrogens is 2. The van der Waals surface area contributed by atoms with Crippen LogP contribution in [-0.2, 0) is 16.4 Å². The van der Waals surface area contributed by atoms with E-state index in [1.807, 2.05) is 52.5 Å². The van der Waals surface area contributed by atoms with E-state index in [0.717, 1.165) is 10.7 Å². The Kier molecular flexibility index (Phi) is 4.93. The highest BCUT2D eigenvalue weighted by Crippen LogP contribution is 2.22. The highest BCUT2D eigenvalue weighted by atomic mass is 32.2. The number of nitrogens with one attached hydrogen (secondary N) is 1. The summed E-state index contributed by atoms with van der Waals surface area (Å²) in [6.07, 6.45) is 4.37. The molecule has 0 aliphatic rings. The van der Waals surface area contributed by atoms with Gasteiger partial charge in [0.1, 0.15) is 11.5 Å². The highest BCUT2D eigenvalue weighted by Gasteiger charge is 2.14. The second-order valence-corrected chi connectivity index (χ2v) is 8.50. The van der Waals surface area contributed by atoms with Crippen molar-refractivity contribution in [3.63, 3.8) is 0 Å². The minimum atomic E-state index is -3.57. The van der Waals surface area contributed by atoms with Gasteiger partial charge in [-0.25, -0.2) is 18.1 Å². The van der Waals surface area contributed by atoms with Crippen LogP contribution in [0, 0.1) is 0 Å². The van der Waals surface area contributed by atoms with Crippen LogP contribution in [0.4, 0.5) is 0 Å². The Morgan fingerprint density at radius 1 is 1.04 bits per heavy atom. The lowest BCUT2D eigenvalue weighted by atomic mass is 10.3. The lowest BCUT2D eigenvalue weighted by Gasteiger charge is -2.08. The van der Waals surface area contributed by atoms with Crippen molar-refractivity contribution in [2.24, 2.45) is 0 Å². The Labute approximate surface area is 161 Å². The number of para-hydroxylation sites is 1. The van der Waals surface area contributed by atoms with Gasteiger partial charge in [-0.05, 0) is 36.4 Å². The summed E-state index contributed by atoms with van der Waals surface area (Å²) in [5.41, 5.74) is 0.858. The van der Waals surface area contributed by atoms with Crippen LogP contribution in [0.2, 0.25) is 0 Å². The zero-order valence-corrected chi connectivity index (χ0v) is 15.9. The van der Waals surface area contributed by atoms with E-state index in [1.165, 1.54) is 12.1 Å². The molecule has 0 radical (unpaired) electrons. The van der Waals surface area contributed by atoms with Gasteiger partial charge < -0.3 is 4.74 Å². The molecular weight excluding hydrogens is 382 g/mol. The first-order chi connectivity index (χ1) is 13.1. The van der Waals surface area contributed by atoms with Gasteiger partial charge in [-0.3, -0.25) is 4.40 Å². The zero-order valence-electron chi connectivity index (χ0n) is 14.3. The van der Waals surface area contributed by atoms with Crippen LogP contribution >= 0.6 is 11.3 Å². The monoisotopic (exact) mass is 399 g/mol. The van der Waals surface area contributed by atoms with Crippen molar-refractivity contribution in [1.29, 1.82) is 0 Å². The molecular formula is C19H17N3O3S2. The van der Waals surface area contributed by atoms with E-state index in [4.69, 9.17) is 4.74 Å². The van der Waals surface area contributed by atoms with Crippen molar-refractivity contribution in [1.82, 2.24) is 14.1 Å². The maximum Gasteiger partial charge on any atom is 0.240 e. The van der Waals surface area contributed by atoms with E-state index >= 15 is 0 Å². The molecule has 2 heterocycles. The van der Waals surface area contributed by atoms with E-state index in [-0.39, 0.29) is 11.4 Å². The van der Waals surface area contributed by atoms with Crippen molar-refractivity contribution >= 4 is 26.3 Å². The molecule has 138 valence electrons. The second-order valence-electron chi connectivity index (χ2n) is 5.86. The Bertz CT molecular complexity index is 1110. The minimum absolute atomic E-state index is 0.203. The van der Waals surface area contributed by atoms with Crippen LogP contribution in [-0.4, -0.2) is 24.3 Å². The average molecular weight is 399 g/mol. The standard InChI is InChI=1S/C19H17N3O3S2/c23-27(24,20-11-10-15-14-22-12-13-26-19(22)21-15)18-8-6-17(7-9-18)25-16-4-2-1-3-5-16/h1-9,12-14,20H,10-11H2. The molecule has 4 aromatic rings. The number of fused-ring (bicyclic) bond motifs is 1. The van der Waals surface area contributed by atoms with Crippen molar-refractivity contribution in [2.45, 2.75) is 11.3 Å². The molecule has 0 amide bonds. The summed E-state index contributed by atoms with van der Waals surface area (Å²) >= 11 is 1.55. The molecule has 2 aromatic heterocycles. The molecule has 0 unspecified atom stereocenters. The van der Waals surface area contributed by atoms with E-state index in [2.05, 4.69) is 9.71 Å². The van der Waals surface area contributed by atoms with Gasteiger partial charge in [0, 0.05) is 30.7 Å². The molecule has 0 saturated heterocycles. The molecule has 2 aromatic carbocycles. The average Bonchev–Trinajstić information content (AvgIpc) is 3.25. The van der Waals surface area contributed by atoms with E-state index in [0.29, 0.717) is 17.9 Å². The molecule has 0 aliphatic carbocycles. The lowest BCUT2D eigenvalue weighted by Crippen LogP contribution is -2.26. The normalized spacial score (nSPS) is 11.7. The number of ether oxygens (including phenoxy) is 1. The van der Waals surface area contributed by atoms with Gasteiger partial charge in [0.25, 0.3) is 0 Å². The van der Waals surface area contributed by atoms with Crippen molar-refractivity contribution in [3.05, 3.63) is 78.1 Å². The molecule has 0 bridgehead atoms. The Morgan fingerprint density at radius 2 is 1.78 bits per heavy atom. The van der Waals surface area contributed by atoms with Gasteiger partial charge >= 0.3 is 0 Å². The van der Waals surface area contributed by atoms with Crippen LogP contribution < -0.4 is 9.46 Å². The molecule has 0 fully saturated rings. The molecule has 27 heavy (non-hydrogen) atoms. The largest absolute Gasteiger partial charge is 0.457 e. The lowest BCUT2D eigenvalue weighted by molar-refractivity contribution is 0.482. The van der Waals surface area contributed by atoms with E-state index in [1.54, 1.807) is 23.5 Å². The molecule has 0 saturated carbocycles. The SMILES string of the molecule is O=S(=O)(NCCc1cn2ccsc2n1)c1ccc(Oc2ccccc2)cc1. The van der Waals surface area contributed by atoms with Gasteiger partial charge in [-0.15, -0.1) is 11.3 Å². The molecule has 0 spiro atoms. The fourth-order valence-electron chi connectivity index (χ4n) is 2.60. The number of rotatable bonds is 7. The maximum absolute atomic E-state index is 12.4. The van der Waals surface area contributed by atoms with Crippen LogP contribution in [0.3, 0.4) is 0 Å². The molecule has 8 heteroatoms. The molecule has 0 atom stereocenters. The fourth-order valence-corrected chi connectivity index (χ4v) is 4.36. The van der Waals surface area contributed by atoms with Crippen molar-refractivity contribution < 1.29 is 13.2 Å². The molecule has 4 rings (SSSR count). The van der Waals surface area contributed by atoms with E-state index in [9.17, 15) is 8.42 Å². The minimum Gasteiger partial charge on any atom is -0.457 e. The third-order valence-electron chi connectivity index (χ3n) is 3.93. The number of imidazole rings is 1. The van der Waals surface area contributed by atoms with Gasteiger partial charge in [0.2, 0.25) is 10.0 Å².